The lowest BCUT2D eigenvalue weighted by atomic mass is 10.1. The summed E-state index contributed by atoms with van der Waals surface area (Å²) in [6.45, 7) is 3.97. The van der Waals surface area contributed by atoms with Crippen LogP contribution in [0.15, 0.2) is 72.4 Å². The van der Waals surface area contributed by atoms with E-state index in [1.807, 2.05) is 55.7 Å². The van der Waals surface area contributed by atoms with Gasteiger partial charge in [0.05, 0.1) is 5.56 Å². The monoisotopic (exact) mass is 361 g/mol. The first-order chi connectivity index (χ1) is 13.1. The van der Waals surface area contributed by atoms with Crippen molar-refractivity contribution in [3.8, 4) is 0 Å². The molecule has 0 saturated heterocycles. The highest BCUT2D eigenvalue weighted by molar-refractivity contribution is 6.04. The zero-order valence-electron chi connectivity index (χ0n) is 15.4. The molecule has 2 heterocycles. The van der Waals surface area contributed by atoms with Gasteiger partial charge in [-0.1, -0.05) is 18.2 Å². The Bertz CT molecular complexity index is 901. The first-order valence-electron chi connectivity index (χ1n) is 8.84. The van der Waals surface area contributed by atoms with E-state index in [9.17, 15) is 4.79 Å². The van der Waals surface area contributed by atoms with E-state index in [1.165, 1.54) is 0 Å². The third kappa shape index (κ3) is 5.28. The van der Waals surface area contributed by atoms with Crippen molar-refractivity contribution in [2.75, 3.05) is 5.32 Å². The van der Waals surface area contributed by atoms with Crippen molar-refractivity contribution in [1.82, 2.24) is 15.6 Å². The first-order valence-corrected chi connectivity index (χ1v) is 8.84. The SMILES string of the molecule is Cc1cncc(C(=O)Nc2cccc(C(C)NC=CNC3=NC=CC3)c2)c1. The van der Waals surface area contributed by atoms with Crippen LogP contribution in [0.5, 0.6) is 0 Å². The van der Waals surface area contributed by atoms with Crippen LogP contribution in [0.2, 0.25) is 0 Å². The van der Waals surface area contributed by atoms with Gasteiger partial charge in [0.25, 0.3) is 5.91 Å². The summed E-state index contributed by atoms with van der Waals surface area (Å²) < 4.78 is 0. The zero-order valence-corrected chi connectivity index (χ0v) is 15.4. The third-order valence-electron chi connectivity index (χ3n) is 4.11. The molecule has 2 aromatic rings. The number of aryl methyl sites for hydroxylation is 1. The van der Waals surface area contributed by atoms with Crippen LogP contribution in [-0.2, 0) is 0 Å². The molecule has 0 radical (unpaired) electrons. The molecule has 0 aliphatic carbocycles. The van der Waals surface area contributed by atoms with Crippen LogP contribution in [0.3, 0.4) is 0 Å². The molecule has 0 saturated carbocycles. The van der Waals surface area contributed by atoms with Crippen molar-refractivity contribution in [3.63, 3.8) is 0 Å². The fraction of sp³-hybridized carbons (Fsp3) is 0.190. The molecule has 1 aromatic carbocycles. The van der Waals surface area contributed by atoms with Gasteiger partial charge in [-0.15, -0.1) is 0 Å². The van der Waals surface area contributed by atoms with Crippen LogP contribution in [0, 0.1) is 6.92 Å². The van der Waals surface area contributed by atoms with Crippen LogP contribution in [-0.4, -0.2) is 16.7 Å². The Morgan fingerprint density at radius 1 is 1.22 bits per heavy atom. The molecule has 1 aliphatic heterocycles. The van der Waals surface area contributed by atoms with E-state index in [0.717, 1.165) is 29.1 Å². The maximum atomic E-state index is 12.4. The molecule has 0 spiro atoms. The number of nitrogens with one attached hydrogen (secondary N) is 3. The van der Waals surface area contributed by atoms with E-state index in [2.05, 4.69) is 32.9 Å². The van der Waals surface area contributed by atoms with E-state index < -0.39 is 0 Å². The molecule has 3 N–H and O–H groups in total. The number of amides is 1. The number of benzene rings is 1. The Kier molecular flexibility index (Phi) is 5.99. The largest absolute Gasteiger partial charge is 0.383 e. The highest BCUT2D eigenvalue weighted by Gasteiger charge is 2.09. The topological polar surface area (TPSA) is 78.4 Å². The van der Waals surface area contributed by atoms with Gasteiger partial charge in [0.15, 0.2) is 0 Å². The van der Waals surface area contributed by atoms with E-state index in [4.69, 9.17) is 0 Å². The predicted molar refractivity (Wildman–Crippen MR) is 108 cm³/mol. The summed E-state index contributed by atoms with van der Waals surface area (Å²) >= 11 is 0. The number of aromatic nitrogens is 1. The first kappa shape index (κ1) is 18.4. The lowest BCUT2D eigenvalue weighted by molar-refractivity contribution is 0.102. The van der Waals surface area contributed by atoms with Crippen molar-refractivity contribution < 1.29 is 4.79 Å². The Hall–Kier alpha value is -3.41. The van der Waals surface area contributed by atoms with Gasteiger partial charge in [0, 0.05) is 49.1 Å². The summed E-state index contributed by atoms with van der Waals surface area (Å²) in [5.74, 6) is 0.759. The van der Waals surface area contributed by atoms with Gasteiger partial charge >= 0.3 is 0 Å². The standard InChI is InChI=1S/C21H23N5O/c1-15-11-18(14-22-13-15)21(27)26-19-6-3-5-17(12-19)16(2)23-9-10-25-20-7-4-8-24-20/h3-6,8-14,16,23H,7H2,1-2H3,(H,24,25)(H,26,27). The number of hydrogen-bond acceptors (Lipinski definition) is 5. The smallest absolute Gasteiger partial charge is 0.257 e. The Morgan fingerprint density at radius 3 is 2.89 bits per heavy atom. The van der Waals surface area contributed by atoms with Crippen molar-refractivity contribution in [3.05, 3.63) is 84.1 Å². The average molecular weight is 361 g/mol. The second kappa shape index (κ2) is 8.80. The van der Waals surface area contributed by atoms with Crippen LogP contribution in [0.1, 0.15) is 40.9 Å². The van der Waals surface area contributed by atoms with Gasteiger partial charge in [-0.05, 0) is 43.2 Å². The van der Waals surface area contributed by atoms with E-state index in [0.29, 0.717) is 5.56 Å². The summed E-state index contributed by atoms with van der Waals surface area (Å²) in [5, 5.41) is 9.36. The van der Waals surface area contributed by atoms with E-state index >= 15 is 0 Å². The predicted octanol–water partition coefficient (Wildman–Crippen LogP) is 3.67. The normalized spacial score (nSPS) is 14.1. The number of aliphatic imine (C=N–C) groups is 1. The van der Waals surface area contributed by atoms with Crippen LogP contribution < -0.4 is 16.0 Å². The summed E-state index contributed by atoms with van der Waals surface area (Å²) in [4.78, 5) is 20.6. The van der Waals surface area contributed by atoms with Crippen molar-refractivity contribution >= 4 is 17.4 Å². The van der Waals surface area contributed by atoms with Crippen molar-refractivity contribution in [1.29, 1.82) is 0 Å². The molecule has 1 atom stereocenters. The van der Waals surface area contributed by atoms with Crippen molar-refractivity contribution in [2.45, 2.75) is 26.3 Å². The van der Waals surface area contributed by atoms with Gasteiger partial charge in [-0.2, -0.15) is 0 Å². The highest BCUT2D eigenvalue weighted by Crippen LogP contribution is 2.18. The van der Waals surface area contributed by atoms with Crippen LogP contribution in [0.25, 0.3) is 0 Å². The molecule has 27 heavy (non-hydrogen) atoms. The molecule has 1 amide bonds. The Morgan fingerprint density at radius 2 is 2.11 bits per heavy atom. The molecule has 138 valence electrons. The minimum Gasteiger partial charge on any atom is -0.383 e. The van der Waals surface area contributed by atoms with Gasteiger partial charge in [0.1, 0.15) is 5.84 Å². The summed E-state index contributed by atoms with van der Waals surface area (Å²) in [5.41, 5.74) is 3.32. The molecule has 1 aliphatic rings. The maximum Gasteiger partial charge on any atom is 0.257 e. The number of carbonyl (C=O) groups is 1. The number of carbonyl (C=O) groups excluding carboxylic acids is 1. The lowest BCUT2D eigenvalue weighted by Crippen LogP contribution is -2.18. The number of rotatable bonds is 6. The summed E-state index contributed by atoms with van der Waals surface area (Å²) in [6, 6.07) is 9.69. The average Bonchev–Trinajstić information content (AvgIpc) is 3.19. The molecule has 0 bridgehead atoms. The van der Waals surface area contributed by atoms with Gasteiger partial charge in [-0.25, -0.2) is 4.99 Å². The molecule has 0 fully saturated rings. The number of anilines is 1. The van der Waals surface area contributed by atoms with Gasteiger partial charge in [0.2, 0.25) is 0 Å². The molecule has 6 heteroatoms. The lowest BCUT2D eigenvalue weighted by Gasteiger charge is -2.14. The number of hydrogen-bond donors (Lipinski definition) is 3. The molecular formula is C21H23N5O. The number of pyridine rings is 1. The minimum atomic E-state index is -0.168. The fourth-order valence-corrected chi connectivity index (χ4v) is 2.65. The van der Waals surface area contributed by atoms with Crippen molar-refractivity contribution in [2.24, 2.45) is 4.99 Å². The Labute approximate surface area is 159 Å². The molecule has 3 rings (SSSR count). The molecule has 1 unspecified atom stereocenters. The third-order valence-corrected chi connectivity index (χ3v) is 4.11. The zero-order chi connectivity index (χ0) is 19.1. The van der Waals surface area contributed by atoms with Gasteiger partial charge in [-0.3, -0.25) is 9.78 Å². The number of amidine groups is 1. The summed E-state index contributed by atoms with van der Waals surface area (Å²) in [7, 11) is 0. The molecule has 1 aromatic heterocycles. The second-order valence-corrected chi connectivity index (χ2v) is 6.36. The second-order valence-electron chi connectivity index (χ2n) is 6.36. The molecular weight excluding hydrogens is 338 g/mol. The fourth-order valence-electron chi connectivity index (χ4n) is 2.65. The minimum absolute atomic E-state index is 0.0872. The van der Waals surface area contributed by atoms with Crippen LogP contribution in [0.4, 0.5) is 5.69 Å². The van der Waals surface area contributed by atoms with Gasteiger partial charge < -0.3 is 16.0 Å². The quantitative estimate of drug-likeness (QED) is 0.733. The summed E-state index contributed by atoms with van der Waals surface area (Å²) in [6.07, 6.45) is 11.6. The Balaban J connectivity index is 1.57. The molecule has 6 nitrogen and oxygen atoms in total. The van der Waals surface area contributed by atoms with E-state index in [-0.39, 0.29) is 11.9 Å². The van der Waals surface area contributed by atoms with E-state index in [1.54, 1.807) is 18.6 Å². The van der Waals surface area contributed by atoms with Crippen LogP contribution >= 0.6 is 0 Å². The maximum absolute atomic E-state index is 12.4. The number of nitrogens with zero attached hydrogens (tertiary/aromatic N) is 2. The highest BCUT2D eigenvalue weighted by atomic mass is 16.1.